The minimum Gasteiger partial charge on any atom is -0.497 e. The zero-order chi connectivity index (χ0) is 20.5. The van der Waals surface area contributed by atoms with Crippen LogP contribution in [0.4, 0.5) is 5.69 Å². The normalized spacial score (nSPS) is 10.1. The van der Waals surface area contributed by atoms with Gasteiger partial charge in [0.15, 0.2) is 0 Å². The predicted molar refractivity (Wildman–Crippen MR) is 106 cm³/mol. The van der Waals surface area contributed by atoms with Crippen LogP contribution in [0.2, 0.25) is 0 Å². The predicted octanol–water partition coefficient (Wildman–Crippen LogP) is 2.94. The molecule has 2 N–H and O–H groups in total. The molecule has 0 aliphatic carbocycles. The topological polar surface area (TPSA) is 93.7 Å². The summed E-state index contributed by atoms with van der Waals surface area (Å²) >= 11 is 0. The molecule has 2 aromatic rings. The van der Waals surface area contributed by atoms with E-state index in [0.29, 0.717) is 35.5 Å². The average molecular weight is 384 g/mol. The molecule has 7 heteroatoms. The molecule has 0 spiro atoms. The maximum Gasteiger partial charge on any atom is 0.337 e. The van der Waals surface area contributed by atoms with Crippen LogP contribution in [0, 0.1) is 6.92 Å². The molecule has 2 amide bonds. The lowest BCUT2D eigenvalue weighted by Crippen LogP contribution is -2.25. The van der Waals surface area contributed by atoms with Gasteiger partial charge in [0.05, 0.1) is 19.8 Å². The van der Waals surface area contributed by atoms with Gasteiger partial charge in [-0.15, -0.1) is 0 Å². The van der Waals surface area contributed by atoms with Crippen LogP contribution in [-0.4, -0.2) is 38.5 Å². The minimum absolute atomic E-state index is 0.160. The summed E-state index contributed by atoms with van der Waals surface area (Å²) in [5.74, 6) is -0.0957. The van der Waals surface area contributed by atoms with Crippen molar-refractivity contribution in [3.63, 3.8) is 0 Å². The SMILES string of the molecule is COC(=O)c1ccc(NC(=O)CCCNC(=O)c2ccc(OC)cc2)c(C)c1. The molecule has 2 rings (SSSR count). The van der Waals surface area contributed by atoms with Crippen molar-refractivity contribution in [2.45, 2.75) is 19.8 Å². The Morgan fingerprint density at radius 3 is 2.25 bits per heavy atom. The van der Waals surface area contributed by atoms with E-state index in [0.717, 1.165) is 5.56 Å². The Balaban J connectivity index is 1.76. The van der Waals surface area contributed by atoms with E-state index in [1.165, 1.54) is 7.11 Å². The van der Waals surface area contributed by atoms with Crippen LogP contribution in [0.1, 0.15) is 39.1 Å². The maximum atomic E-state index is 12.1. The summed E-state index contributed by atoms with van der Waals surface area (Å²) in [6.07, 6.45) is 0.772. The van der Waals surface area contributed by atoms with E-state index >= 15 is 0 Å². The number of aryl methyl sites for hydroxylation is 1. The third kappa shape index (κ3) is 5.84. The molecule has 2 aromatic carbocycles. The number of carbonyl (C=O) groups excluding carboxylic acids is 3. The summed E-state index contributed by atoms with van der Waals surface area (Å²) in [6, 6.07) is 11.7. The third-order valence-corrected chi connectivity index (χ3v) is 4.14. The van der Waals surface area contributed by atoms with Gasteiger partial charge in [0.1, 0.15) is 5.75 Å². The monoisotopic (exact) mass is 384 g/mol. The Hall–Kier alpha value is -3.35. The highest BCUT2D eigenvalue weighted by Crippen LogP contribution is 2.17. The number of anilines is 1. The molecule has 0 fully saturated rings. The van der Waals surface area contributed by atoms with Gasteiger partial charge < -0.3 is 20.1 Å². The van der Waals surface area contributed by atoms with Crippen molar-refractivity contribution in [3.8, 4) is 5.75 Å². The number of ether oxygens (including phenoxy) is 2. The molecular formula is C21H24N2O5. The van der Waals surface area contributed by atoms with Crippen molar-refractivity contribution >= 4 is 23.5 Å². The van der Waals surface area contributed by atoms with E-state index in [1.54, 1.807) is 56.5 Å². The Kier molecular flexibility index (Phi) is 7.56. The van der Waals surface area contributed by atoms with E-state index in [1.807, 2.05) is 0 Å². The lowest BCUT2D eigenvalue weighted by atomic mass is 10.1. The van der Waals surface area contributed by atoms with Crippen molar-refractivity contribution in [1.82, 2.24) is 5.32 Å². The number of nitrogens with one attached hydrogen (secondary N) is 2. The number of rotatable bonds is 8. The number of carbonyl (C=O) groups is 3. The molecule has 0 saturated heterocycles. The Morgan fingerprint density at radius 1 is 0.964 bits per heavy atom. The first-order chi connectivity index (χ1) is 13.4. The van der Waals surface area contributed by atoms with Gasteiger partial charge in [0.25, 0.3) is 5.91 Å². The Bertz CT molecular complexity index is 846. The summed E-state index contributed by atoms with van der Waals surface area (Å²) in [5.41, 5.74) is 2.37. The standard InChI is InChI=1S/C21H24N2O5/c1-14-13-16(21(26)28-3)8-11-18(14)23-19(24)5-4-12-22-20(25)15-6-9-17(27-2)10-7-15/h6-11,13H,4-5,12H2,1-3H3,(H,22,25)(H,23,24). The van der Waals surface area contributed by atoms with Crippen molar-refractivity contribution in [3.05, 3.63) is 59.2 Å². The molecule has 0 aliphatic rings. The second-order valence-corrected chi connectivity index (χ2v) is 6.16. The van der Waals surface area contributed by atoms with E-state index < -0.39 is 5.97 Å². The van der Waals surface area contributed by atoms with Gasteiger partial charge in [-0.05, 0) is 61.4 Å². The van der Waals surface area contributed by atoms with Gasteiger partial charge in [-0.1, -0.05) is 0 Å². The summed E-state index contributed by atoms with van der Waals surface area (Å²) < 4.78 is 9.73. The minimum atomic E-state index is -0.423. The quantitative estimate of drug-likeness (QED) is 0.539. The maximum absolute atomic E-state index is 12.1. The van der Waals surface area contributed by atoms with Crippen LogP contribution >= 0.6 is 0 Å². The van der Waals surface area contributed by atoms with Crippen LogP contribution in [-0.2, 0) is 9.53 Å². The van der Waals surface area contributed by atoms with Crippen molar-refractivity contribution in [2.75, 3.05) is 26.1 Å². The van der Waals surface area contributed by atoms with Crippen LogP contribution < -0.4 is 15.4 Å². The summed E-state index contributed by atoms with van der Waals surface area (Å²) in [7, 11) is 2.88. The highest BCUT2D eigenvalue weighted by Gasteiger charge is 2.10. The molecule has 28 heavy (non-hydrogen) atoms. The molecule has 0 heterocycles. The van der Waals surface area contributed by atoms with E-state index in [-0.39, 0.29) is 18.2 Å². The molecule has 7 nitrogen and oxygen atoms in total. The van der Waals surface area contributed by atoms with Crippen LogP contribution in [0.15, 0.2) is 42.5 Å². The van der Waals surface area contributed by atoms with Crippen molar-refractivity contribution in [2.24, 2.45) is 0 Å². The molecule has 0 bridgehead atoms. The van der Waals surface area contributed by atoms with Gasteiger partial charge in [0, 0.05) is 24.2 Å². The third-order valence-electron chi connectivity index (χ3n) is 4.14. The van der Waals surface area contributed by atoms with Gasteiger partial charge in [-0.25, -0.2) is 4.79 Å². The van der Waals surface area contributed by atoms with Crippen molar-refractivity contribution < 1.29 is 23.9 Å². The Labute approximate surface area is 164 Å². The molecule has 0 aromatic heterocycles. The zero-order valence-electron chi connectivity index (χ0n) is 16.2. The van der Waals surface area contributed by atoms with E-state index in [4.69, 9.17) is 4.74 Å². The van der Waals surface area contributed by atoms with Crippen LogP contribution in [0.3, 0.4) is 0 Å². The Morgan fingerprint density at radius 2 is 1.64 bits per heavy atom. The highest BCUT2D eigenvalue weighted by molar-refractivity contribution is 5.95. The summed E-state index contributed by atoms with van der Waals surface area (Å²) in [6.45, 7) is 2.19. The summed E-state index contributed by atoms with van der Waals surface area (Å²) in [5, 5.41) is 5.59. The number of esters is 1. The number of methoxy groups -OCH3 is 2. The fraction of sp³-hybridized carbons (Fsp3) is 0.286. The molecule has 0 aliphatic heterocycles. The summed E-state index contributed by atoms with van der Waals surface area (Å²) in [4.78, 5) is 35.7. The largest absolute Gasteiger partial charge is 0.497 e. The second kappa shape index (κ2) is 10.1. The van der Waals surface area contributed by atoms with Gasteiger partial charge in [-0.2, -0.15) is 0 Å². The highest BCUT2D eigenvalue weighted by atomic mass is 16.5. The molecule has 148 valence electrons. The molecular weight excluding hydrogens is 360 g/mol. The van der Waals surface area contributed by atoms with E-state index in [9.17, 15) is 14.4 Å². The first-order valence-electron chi connectivity index (χ1n) is 8.85. The lowest BCUT2D eigenvalue weighted by molar-refractivity contribution is -0.116. The van der Waals surface area contributed by atoms with Gasteiger partial charge in [-0.3, -0.25) is 9.59 Å². The number of amides is 2. The van der Waals surface area contributed by atoms with Gasteiger partial charge >= 0.3 is 5.97 Å². The molecule has 0 unspecified atom stereocenters. The smallest absolute Gasteiger partial charge is 0.337 e. The van der Waals surface area contributed by atoms with Crippen molar-refractivity contribution in [1.29, 1.82) is 0 Å². The first-order valence-corrected chi connectivity index (χ1v) is 8.85. The zero-order valence-corrected chi connectivity index (χ0v) is 16.2. The second-order valence-electron chi connectivity index (χ2n) is 6.16. The van der Waals surface area contributed by atoms with Crippen LogP contribution in [0.5, 0.6) is 5.75 Å². The van der Waals surface area contributed by atoms with Crippen LogP contribution in [0.25, 0.3) is 0 Å². The van der Waals surface area contributed by atoms with E-state index in [2.05, 4.69) is 15.4 Å². The fourth-order valence-electron chi connectivity index (χ4n) is 2.56. The number of hydrogen-bond acceptors (Lipinski definition) is 5. The number of hydrogen-bond donors (Lipinski definition) is 2. The lowest BCUT2D eigenvalue weighted by Gasteiger charge is -2.10. The first kappa shape index (κ1) is 21.0. The molecule has 0 atom stereocenters. The number of benzene rings is 2. The average Bonchev–Trinajstić information content (AvgIpc) is 2.72. The molecule has 0 saturated carbocycles. The van der Waals surface area contributed by atoms with Gasteiger partial charge in [0.2, 0.25) is 5.91 Å². The molecule has 0 radical (unpaired) electrons. The fourth-order valence-corrected chi connectivity index (χ4v) is 2.56.